The molecule has 0 saturated heterocycles. The predicted molar refractivity (Wildman–Crippen MR) is 197 cm³/mol. The normalized spacial score (nSPS) is 11.9. The fourth-order valence-electron chi connectivity index (χ4n) is 7.44. The molecule has 0 saturated carbocycles. The van der Waals surface area contributed by atoms with Gasteiger partial charge < -0.3 is 4.90 Å². The molecular formula is C43H26N2S. The maximum atomic E-state index is 4.85. The summed E-state index contributed by atoms with van der Waals surface area (Å²) in [5.74, 6) is 0. The largest absolute Gasteiger partial charge is 0.310 e. The first-order chi connectivity index (χ1) is 22.8. The van der Waals surface area contributed by atoms with Gasteiger partial charge in [-0.05, 0) is 91.3 Å². The van der Waals surface area contributed by atoms with Crippen molar-refractivity contribution in [1.29, 1.82) is 0 Å². The van der Waals surface area contributed by atoms with E-state index in [1.807, 2.05) is 6.20 Å². The summed E-state index contributed by atoms with van der Waals surface area (Å²) >= 11 is 1.76. The molecule has 1 aliphatic carbocycles. The van der Waals surface area contributed by atoms with Gasteiger partial charge in [0.05, 0.1) is 5.69 Å². The van der Waals surface area contributed by atoms with E-state index in [2.05, 4.69) is 157 Å². The second kappa shape index (κ2) is 9.87. The molecule has 0 amide bonds. The fourth-order valence-corrected chi connectivity index (χ4v) is 8.51. The van der Waals surface area contributed by atoms with Gasteiger partial charge in [-0.1, -0.05) is 115 Å². The molecule has 1 aliphatic rings. The second-order valence-electron chi connectivity index (χ2n) is 12.0. The third-order valence-corrected chi connectivity index (χ3v) is 10.5. The third kappa shape index (κ3) is 3.73. The van der Waals surface area contributed by atoms with Gasteiger partial charge in [0.15, 0.2) is 0 Å². The van der Waals surface area contributed by atoms with Crippen LogP contribution in [0.5, 0.6) is 0 Å². The van der Waals surface area contributed by atoms with E-state index in [1.54, 1.807) is 11.3 Å². The molecule has 0 unspecified atom stereocenters. The van der Waals surface area contributed by atoms with Gasteiger partial charge in [-0.3, -0.25) is 0 Å². The zero-order valence-corrected chi connectivity index (χ0v) is 25.6. The summed E-state index contributed by atoms with van der Waals surface area (Å²) in [4.78, 5) is 8.33. The molecular weight excluding hydrogens is 577 g/mol. The predicted octanol–water partition coefficient (Wildman–Crippen LogP) is 12.5. The Morgan fingerprint density at radius 3 is 2.00 bits per heavy atom. The van der Waals surface area contributed by atoms with Crippen molar-refractivity contribution >= 4 is 70.2 Å². The number of benzene rings is 7. The smallest absolute Gasteiger partial charge is 0.126 e. The van der Waals surface area contributed by atoms with Crippen LogP contribution in [0.2, 0.25) is 0 Å². The SMILES string of the molecule is c1ccc2c(c1)-c1cccc3cc(N(c4ccc(-c5cccc6ccccc56)cc4)c4ccnc5sc6ccccc6c45)cc-2c13. The molecule has 7 aromatic carbocycles. The lowest BCUT2D eigenvalue weighted by atomic mass is 9.97. The number of rotatable bonds is 4. The molecule has 2 aromatic heterocycles. The van der Waals surface area contributed by atoms with E-state index in [4.69, 9.17) is 4.98 Å². The van der Waals surface area contributed by atoms with Crippen LogP contribution in [-0.4, -0.2) is 4.98 Å². The Morgan fingerprint density at radius 1 is 0.457 bits per heavy atom. The zero-order valence-electron chi connectivity index (χ0n) is 24.8. The van der Waals surface area contributed by atoms with Crippen molar-refractivity contribution in [2.75, 3.05) is 4.90 Å². The minimum absolute atomic E-state index is 1.05. The summed E-state index contributed by atoms with van der Waals surface area (Å²) in [6, 6.07) is 55.3. The van der Waals surface area contributed by atoms with E-state index in [1.165, 1.54) is 70.4 Å². The summed E-state index contributed by atoms with van der Waals surface area (Å²) < 4.78 is 1.25. The maximum absolute atomic E-state index is 4.85. The van der Waals surface area contributed by atoms with Gasteiger partial charge in [0, 0.05) is 33.0 Å². The van der Waals surface area contributed by atoms with Crippen LogP contribution in [0.4, 0.5) is 17.1 Å². The number of fused-ring (bicyclic) bond motifs is 7. The standard InChI is InChI=1S/C43H26N2S/c1-2-12-32-27(9-1)10-7-16-33(32)28-19-21-30(22-20-28)45(39-23-24-44-43-42(39)37-15-5-6-18-40(37)46-43)31-25-29-11-8-17-36-34-13-3-4-14-35(34)38(26-31)41(29)36/h1-26H. The van der Waals surface area contributed by atoms with Gasteiger partial charge in [-0.25, -0.2) is 4.98 Å². The zero-order chi connectivity index (χ0) is 30.2. The van der Waals surface area contributed by atoms with Crippen molar-refractivity contribution in [3.05, 3.63) is 158 Å². The highest BCUT2D eigenvalue weighted by atomic mass is 32.1. The molecule has 10 rings (SSSR count). The van der Waals surface area contributed by atoms with Crippen molar-refractivity contribution in [2.24, 2.45) is 0 Å². The lowest BCUT2D eigenvalue weighted by molar-refractivity contribution is 1.29. The van der Waals surface area contributed by atoms with E-state index in [-0.39, 0.29) is 0 Å². The molecule has 2 nitrogen and oxygen atoms in total. The van der Waals surface area contributed by atoms with E-state index in [9.17, 15) is 0 Å². The average molecular weight is 603 g/mol. The van der Waals surface area contributed by atoms with Crippen molar-refractivity contribution in [2.45, 2.75) is 0 Å². The highest BCUT2D eigenvalue weighted by molar-refractivity contribution is 7.25. The molecule has 2 heterocycles. The Kier molecular flexibility index (Phi) is 5.48. The van der Waals surface area contributed by atoms with Crippen LogP contribution in [0.15, 0.2) is 158 Å². The van der Waals surface area contributed by atoms with Crippen LogP contribution in [0.1, 0.15) is 0 Å². The van der Waals surface area contributed by atoms with Crippen LogP contribution in [0.3, 0.4) is 0 Å². The van der Waals surface area contributed by atoms with Gasteiger partial charge in [0.2, 0.25) is 0 Å². The molecule has 46 heavy (non-hydrogen) atoms. The Bertz CT molecular complexity index is 2640. The molecule has 9 aromatic rings. The molecule has 0 atom stereocenters. The monoisotopic (exact) mass is 602 g/mol. The highest BCUT2D eigenvalue weighted by Gasteiger charge is 2.25. The lowest BCUT2D eigenvalue weighted by Gasteiger charge is -2.27. The van der Waals surface area contributed by atoms with Crippen molar-refractivity contribution in [3.8, 4) is 33.4 Å². The van der Waals surface area contributed by atoms with Gasteiger partial charge in [0.25, 0.3) is 0 Å². The van der Waals surface area contributed by atoms with Crippen LogP contribution >= 0.6 is 11.3 Å². The Labute approximate surface area is 270 Å². The Balaban J connectivity index is 1.23. The summed E-state index contributed by atoms with van der Waals surface area (Å²) in [6.07, 6.45) is 1.96. The molecule has 3 heteroatoms. The minimum Gasteiger partial charge on any atom is -0.310 e. The Hall–Kier alpha value is -5.77. The van der Waals surface area contributed by atoms with Crippen LogP contribution in [0, 0.1) is 0 Å². The van der Waals surface area contributed by atoms with Crippen LogP contribution in [0.25, 0.3) is 75.2 Å². The Morgan fingerprint density at radius 2 is 1.13 bits per heavy atom. The number of aromatic nitrogens is 1. The number of nitrogens with zero attached hydrogens (tertiary/aromatic N) is 2. The second-order valence-corrected chi connectivity index (χ2v) is 13.0. The topological polar surface area (TPSA) is 16.1 Å². The van der Waals surface area contributed by atoms with Crippen molar-refractivity contribution in [1.82, 2.24) is 4.98 Å². The molecule has 0 radical (unpaired) electrons. The number of hydrogen-bond donors (Lipinski definition) is 0. The molecule has 0 fully saturated rings. The van der Waals surface area contributed by atoms with Gasteiger partial charge >= 0.3 is 0 Å². The van der Waals surface area contributed by atoms with E-state index in [0.717, 1.165) is 21.9 Å². The first-order valence-electron chi connectivity index (χ1n) is 15.6. The average Bonchev–Trinajstić information content (AvgIpc) is 3.66. The first-order valence-corrected chi connectivity index (χ1v) is 16.4. The first kappa shape index (κ1) is 25.5. The summed E-state index contributed by atoms with van der Waals surface area (Å²) in [6.45, 7) is 0. The van der Waals surface area contributed by atoms with E-state index in [0.29, 0.717) is 0 Å². The molecule has 0 N–H and O–H groups in total. The lowest BCUT2D eigenvalue weighted by Crippen LogP contribution is -2.10. The molecule has 0 spiro atoms. The third-order valence-electron chi connectivity index (χ3n) is 9.45. The maximum Gasteiger partial charge on any atom is 0.126 e. The highest BCUT2D eigenvalue weighted by Crippen LogP contribution is 2.51. The number of anilines is 3. The number of hydrogen-bond acceptors (Lipinski definition) is 3. The molecule has 0 aliphatic heterocycles. The van der Waals surface area contributed by atoms with Crippen LogP contribution in [-0.2, 0) is 0 Å². The fraction of sp³-hybridized carbons (Fsp3) is 0. The van der Waals surface area contributed by atoms with Crippen LogP contribution < -0.4 is 4.90 Å². The van der Waals surface area contributed by atoms with Gasteiger partial charge in [0.1, 0.15) is 4.83 Å². The quantitative estimate of drug-likeness (QED) is 0.199. The molecule has 0 bridgehead atoms. The minimum atomic E-state index is 1.05. The summed E-state index contributed by atoms with van der Waals surface area (Å²) in [5.41, 5.74) is 11.0. The van der Waals surface area contributed by atoms with Crippen molar-refractivity contribution in [3.63, 3.8) is 0 Å². The summed E-state index contributed by atoms with van der Waals surface area (Å²) in [7, 11) is 0. The van der Waals surface area contributed by atoms with Gasteiger partial charge in [-0.2, -0.15) is 0 Å². The van der Waals surface area contributed by atoms with Gasteiger partial charge in [-0.15, -0.1) is 11.3 Å². The van der Waals surface area contributed by atoms with E-state index >= 15 is 0 Å². The number of thiophene rings is 1. The summed E-state index contributed by atoms with van der Waals surface area (Å²) in [5, 5.41) is 7.52. The number of pyridine rings is 1. The van der Waals surface area contributed by atoms with Crippen molar-refractivity contribution < 1.29 is 0 Å². The molecule has 214 valence electrons. The van der Waals surface area contributed by atoms with E-state index < -0.39 is 0 Å².